The van der Waals surface area contributed by atoms with Gasteiger partial charge in [0.15, 0.2) is 0 Å². The Hall–Kier alpha value is -1.96. The number of fused-ring (bicyclic) bond motifs is 1. The van der Waals surface area contributed by atoms with E-state index in [4.69, 9.17) is 4.74 Å². The molecule has 1 unspecified atom stereocenters. The van der Waals surface area contributed by atoms with Gasteiger partial charge in [-0.1, -0.05) is 42.5 Å². The smallest absolute Gasteiger partial charge is 0.142 e. The quantitative estimate of drug-likeness (QED) is 0.738. The first kappa shape index (κ1) is 10.2. The molecule has 1 heterocycles. The summed E-state index contributed by atoms with van der Waals surface area (Å²) < 4.78 is 5.82. The molecule has 0 saturated carbocycles. The van der Waals surface area contributed by atoms with E-state index in [-0.39, 0.29) is 0 Å². The lowest BCUT2D eigenvalue weighted by atomic mass is 10.0. The molecule has 2 aromatic rings. The van der Waals surface area contributed by atoms with Crippen molar-refractivity contribution in [3.05, 3.63) is 60.2 Å². The SMILES string of the molecule is CN1c2ccccc2OCC1c1ccccc1. The van der Waals surface area contributed by atoms with E-state index in [1.807, 2.05) is 24.3 Å². The van der Waals surface area contributed by atoms with Crippen LogP contribution in [-0.2, 0) is 0 Å². The second-order valence-corrected chi connectivity index (χ2v) is 4.32. The van der Waals surface area contributed by atoms with Crippen molar-refractivity contribution >= 4 is 5.69 Å². The lowest BCUT2D eigenvalue weighted by Gasteiger charge is -2.36. The Morgan fingerprint density at radius 1 is 1.00 bits per heavy atom. The molecule has 0 aliphatic carbocycles. The minimum absolute atomic E-state index is 0.297. The second-order valence-electron chi connectivity index (χ2n) is 4.32. The van der Waals surface area contributed by atoms with Gasteiger partial charge < -0.3 is 9.64 Å². The third-order valence-corrected chi connectivity index (χ3v) is 3.29. The van der Waals surface area contributed by atoms with Gasteiger partial charge in [0.2, 0.25) is 0 Å². The third-order valence-electron chi connectivity index (χ3n) is 3.29. The number of hydrogen-bond acceptors (Lipinski definition) is 2. The predicted octanol–water partition coefficient (Wildman–Crippen LogP) is 3.26. The summed E-state index contributed by atoms with van der Waals surface area (Å²) >= 11 is 0. The van der Waals surface area contributed by atoms with E-state index in [1.165, 1.54) is 5.56 Å². The number of hydrogen-bond donors (Lipinski definition) is 0. The van der Waals surface area contributed by atoms with Crippen LogP contribution in [0.4, 0.5) is 5.69 Å². The highest BCUT2D eigenvalue weighted by Gasteiger charge is 2.25. The first-order chi connectivity index (χ1) is 8.36. The molecule has 1 aliphatic rings. The zero-order chi connectivity index (χ0) is 11.7. The van der Waals surface area contributed by atoms with E-state index in [9.17, 15) is 0 Å². The highest BCUT2D eigenvalue weighted by atomic mass is 16.5. The molecule has 2 heteroatoms. The Morgan fingerprint density at radius 2 is 1.71 bits per heavy atom. The average molecular weight is 225 g/mol. The normalized spacial score (nSPS) is 18.4. The maximum absolute atomic E-state index is 5.82. The van der Waals surface area contributed by atoms with Gasteiger partial charge in [-0.25, -0.2) is 0 Å². The lowest BCUT2D eigenvalue weighted by Crippen LogP contribution is -2.33. The van der Waals surface area contributed by atoms with E-state index in [0.717, 1.165) is 11.4 Å². The van der Waals surface area contributed by atoms with Crippen molar-refractivity contribution in [3.63, 3.8) is 0 Å². The molecule has 0 spiro atoms. The number of benzene rings is 2. The van der Waals surface area contributed by atoms with Crippen LogP contribution in [0.1, 0.15) is 11.6 Å². The molecule has 86 valence electrons. The molecule has 3 rings (SSSR count). The van der Waals surface area contributed by atoms with Gasteiger partial charge in [0.1, 0.15) is 12.4 Å². The van der Waals surface area contributed by atoms with Crippen LogP contribution in [0.15, 0.2) is 54.6 Å². The van der Waals surface area contributed by atoms with E-state index in [1.54, 1.807) is 0 Å². The highest BCUT2D eigenvalue weighted by molar-refractivity contribution is 5.60. The minimum atomic E-state index is 0.297. The third kappa shape index (κ3) is 1.76. The molecule has 0 N–H and O–H groups in total. The van der Waals surface area contributed by atoms with Gasteiger partial charge in [-0.3, -0.25) is 0 Å². The summed E-state index contributed by atoms with van der Waals surface area (Å²) in [4.78, 5) is 2.29. The van der Waals surface area contributed by atoms with Crippen LogP contribution in [0.5, 0.6) is 5.75 Å². The first-order valence-electron chi connectivity index (χ1n) is 5.86. The average Bonchev–Trinajstić information content (AvgIpc) is 2.40. The summed E-state index contributed by atoms with van der Waals surface area (Å²) in [7, 11) is 2.12. The van der Waals surface area contributed by atoms with Gasteiger partial charge in [0, 0.05) is 7.05 Å². The van der Waals surface area contributed by atoms with Gasteiger partial charge in [-0.05, 0) is 17.7 Å². The molecule has 2 aromatic carbocycles. The fourth-order valence-corrected chi connectivity index (χ4v) is 2.31. The molecule has 0 aromatic heterocycles. The molecule has 1 atom stereocenters. The van der Waals surface area contributed by atoms with Crippen LogP contribution < -0.4 is 9.64 Å². The van der Waals surface area contributed by atoms with Gasteiger partial charge >= 0.3 is 0 Å². The Kier molecular flexibility index (Phi) is 2.48. The van der Waals surface area contributed by atoms with Crippen LogP contribution in [0.25, 0.3) is 0 Å². The molecule has 0 radical (unpaired) electrons. The molecule has 2 nitrogen and oxygen atoms in total. The molecule has 0 saturated heterocycles. The van der Waals surface area contributed by atoms with E-state index >= 15 is 0 Å². The Bertz CT molecular complexity index is 509. The first-order valence-corrected chi connectivity index (χ1v) is 5.86. The van der Waals surface area contributed by atoms with Crippen molar-refractivity contribution in [2.24, 2.45) is 0 Å². The summed E-state index contributed by atoms with van der Waals surface area (Å²) in [6.45, 7) is 0.706. The van der Waals surface area contributed by atoms with Crippen molar-refractivity contribution in [3.8, 4) is 5.75 Å². The number of rotatable bonds is 1. The van der Waals surface area contributed by atoms with Crippen LogP contribution in [-0.4, -0.2) is 13.7 Å². The number of nitrogens with zero attached hydrogens (tertiary/aromatic N) is 1. The zero-order valence-electron chi connectivity index (χ0n) is 9.84. The summed E-state index contributed by atoms with van der Waals surface area (Å²) in [5.41, 5.74) is 2.46. The lowest BCUT2D eigenvalue weighted by molar-refractivity contribution is 0.268. The van der Waals surface area contributed by atoms with E-state index in [0.29, 0.717) is 12.6 Å². The summed E-state index contributed by atoms with van der Waals surface area (Å²) in [6.07, 6.45) is 0. The largest absolute Gasteiger partial charge is 0.489 e. The van der Waals surface area contributed by atoms with Gasteiger partial charge in [0.05, 0.1) is 11.7 Å². The molecule has 0 amide bonds. The molecule has 0 bridgehead atoms. The topological polar surface area (TPSA) is 12.5 Å². The second kappa shape index (κ2) is 4.13. The Labute approximate surface area is 101 Å². The fourth-order valence-electron chi connectivity index (χ4n) is 2.31. The number of ether oxygens (including phenoxy) is 1. The predicted molar refractivity (Wildman–Crippen MR) is 69.5 cm³/mol. The molecule has 17 heavy (non-hydrogen) atoms. The maximum Gasteiger partial charge on any atom is 0.142 e. The number of likely N-dealkylation sites (N-methyl/N-ethyl adjacent to an activating group) is 1. The highest BCUT2D eigenvalue weighted by Crippen LogP contribution is 2.37. The van der Waals surface area contributed by atoms with Gasteiger partial charge in [-0.2, -0.15) is 0 Å². The molecule has 1 aliphatic heterocycles. The van der Waals surface area contributed by atoms with Crippen LogP contribution in [0.2, 0.25) is 0 Å². The van der Waals surface area contributed by atoms with Crippen LogP contribution in [0.3, 0.4) is 0 Å². The fraction of sp³-hybridized carbons (Fsp3) is 0.200. The van der Waals surface area contributed by atoms with Gasteiger partial charge in [0.25, 0.3) is 0 Å². The van der Waals surface area contributed by atoms with E-state index in [2.05, 4.69) is 42.3 Å². The Morgan fingerprint density at radius 3 is 2.53 bits per heavy atom. The Balaban J connectivity index is 1.97. The molecular formula is C15H15NO. The minimum Gasteiger partial charge on any atom is -0.489 e. The molecule has 0 fully saturated rings. The van der Waals surface area contributed by atoms with Crippen LogP contribution >= 0.6 is 0 Å². The maximum atomic E-state index is 5.82. The monoisotopic (exact) mass is 225 g/mol. The van der Waals surface area contributed by atoms with Crippen LogP contribution in [0, 0.1) is 0 Å². The van der Waals surface area contributed by atoms with Crippen molar-refractivity contribution in [2.75, 3.05) is 18.6 Å². The van der Waals surface area contributed by atoms with Crippen molar-refractivity contribution < 1.29 is 4.74 Å². The number of para-hydroxylation sites is 2. The van der Waals surface area contributed by atoms with Crippen molar-refractivity contribution in [2.45, 2.75) is 6.04 Å². The van der Waals surface area contributed by atoms with E-state index < -0.39 is 0 Å². The summed E-state index contributed by atoms with van der Waals surface area (Å²) in [5, 5.41) is 0. The zero-order valence-corrected chi connectivity index (χ0v) is 9.84. The van der Waals surface area contributed by atoms with Crippen molar-refractivity contribution in [1.29, 1.82) is 0 Å². The summed E-state index contributed by atoms with van der Waals surface area (Å²) in [6, 6.07) is 19.0. The number of anilines is 1. The van der Waals surface area contributed by atoms with Gasteiger partial charge in [-0.15, -0.1) is 0 Å². The standard InChI is InChI=1S/C15H15NO/c1-16-13-9-5-6-10-15(13)17-11-14(16)12-7-3-2-4-8-12/h2-10,14H,11H2,1H3. The molecular weight excluding hydrogens is 210 g/mol. The summed E-state index contributed by atoms with van der Waals surface area (Å²) in [5.74, 6) is 0.974. The van der Waals surface area contributed by atoms with Crippen molar-refractivity contribution in [1.82, 2.24) is 0 Å².